The molecule has 2 aromatic rings. The van der Waals surface area contributed by atoms with Gasteiger partial charge in [-0.2, -0.15) is 4.31 Å². The molecule has 0 bridgehead atoms. The van der Waals surface area contributed by atoms with E-state index in [2.05, 4.69) is 0 Å². The smallest absolute Gasteiger partial charge is 0.242 e. The lowest BCUT2D eigenvalue weighted by molar-refractivity contribution is -0.119. The Bertz CT molecular complexity index is 881. The minimum Gasteiger partial charge on any atom is -0.308 e. The van der Waals surface area contributed by atoms with E-state index in [9.17, 15) is 13.2 Å². The van der Waals surface area contributed by atoms with Crippen LogP contribution in [0.3, 0.4) is 0 Å². The Labute approximate surface area is 155 Å². The van der Waals surface area contributed by atoms with Gasteiger partial charge in [-0.3, -0.25) is 4.79 Å². The molecular formula is C20H24N2O3S. The fourth-order valence-electron chi connectivity index (χ4n) is 3.43. The summed E-state index contributed by atoms with van der Waals surface area (Å²) in [7, 11) is -3.47. The number of para-hydroxylation sites is 1. The van der Waals surface area contributed by atoms with Gasteiger partial charge in [-0.1, -0.05) is 48.5 Å². The quantitative estimate of drug-likeness (QED) is 0.783. The first-order valence-corrected chi connectivity index (χ1v) is 10.6. The highest BCUT2D eigenvalue weighted by atomic mass is 32.2. The fraction of sp³-hybridized carbons (Fsp3) is 0.350. The lowest BCUT2D eigenvalue weighted by Gasteiger charge is -2.26. The second-order valence-corrected chi connectivity index (χ2v) is 8.76. The van der Waals surface area contributed by atoms with Gasteiger partial charge in [0, 0.05) is 18.3 Å². The number of nitrogens with zero attached hydrogens (tertiary/aromatic N) is 2. The molecule has 1 aliphatic heterocycles. The van der Waals surface area contributed by atoms with Crippen molar-refractivity contribution < 1.29 is 13.2 Å². The van der Waals surface area contributed by atoms with Crippen LogP contribution in [0.15, 0.2) is 54.6 Å². The molecule has 1 atom stereocenters. The lowest BCUT2D eigenvalue weighted by Crippen LogP contribution is -2.45. The van der Waals surface area contributed by atoms with E-state index in [1.807, 2.05) is 61.5 Å². The van der Waals surface area contributed by atoms with E-state index in [0.29, 0.717) is 13.0 Å². The van der Waals surface area contributed by atoms with Gasteiger partial charge in [0.05, 0.1) is 12.8 Å². The Balaban J connectivity index is 1.74. The van der Waals surface area contributed by atoms with Crippen molar-refractivity contribution in [1.82, 2.24) is 4.31 Å². The summed E-state index contributed by atoms with van der Waals surface area (Å²) in [5, 5.41) is 0. The molecule has 3 rings (SSSR count). The van der Waals surface area contributed by atoms with Crippen LogP contribution in [0.5, 0.6) is 0 Å². The molecular weight excluding hydrogens is 348 g/mol. The Kier molecular flexibility index (Phi) is 5.44. The monoisotopic (exact) mass is 372 g/mol. The van der Waals surface area contributed by atoms with Gasteiger partial charge < -0.3 is 4.90 Å². The summed E-state index contributed by atoms with van der Waals surface area (Å²) in [6.45, 7) is 2.15. The van der Waals surface area contributed by atoms with Crippen LogP contribution in [0.4, 0.5) is 5.69 Å². The van der Waals surface area contributed by atoms with E-state index in [1.165, 1.54) is 4.31 Å². The molecule has 1 amide bonds. The van der Waals surface area contributed by atoms with Crippen LogP contribution in [0.25, 0.3) is 0 Å². The van der Waals surface area contributed by atoms with Gasteiger partial charge in [-0.15, -0.1) is 0 Å². The molecule has 0 aromatic heterocycles. The van der Waals surface area contributed by atoms with Gasteiger partial charge in [0.15, 0.2) is 0 Å². The Morgan fingerprint density at radius 2 is 1.77 bits per heavy atom. The molecule has 138 valence electrons. The number of anilines is 1. The van der Waals surface area contributed by atoms with Gasteiger partial charge in [0.2, 0.25) is 15.9 Å². The number of sulfonamides is 1. The van der Waals surface area contributed by atoms with Gasteiger partial charge >= 0.3 is 0 Å². The molecule has 1 aliphatic rings. The van der Waals surface area contributed by atoms with Gasteiger partial charge in [0.25, 0.3) is 0 Å². The van der Waals surface area contributed by atoms with Crippen LogP contribution in [0.1, 0.15) is 18.1 Å². The number of benzene rings is 2. The average Bonchev–Trinajstić information content (AvgIpc) is 2.94. The first kappa shape index (κ1) is 18.6. The van der Waals surface area contributed by atoms with Crippen LogP contribution < -0.4 is 4.90 Å². The Morgan fingerprint density at radius 3 is 2.46 bits per heavy atom. The summed E-state index contributed by atoms with van der Waals surface area (Å²) in [6, 6.07) is 17.5. The van der Waals surface area contributed by atoms with Crippen molar-refractivity contribution in [3.05, 3.63) is 65.7 Å². The molecule has 0 fully saturated rings. The Hall–Kier alpha value is -2.18. The zero-order valence-electron chi connectivity index (χ0n) is 15.1. The second-order valence-electron chi connectivity index (χ2n) is 6.78. The molecule has 1 heterocycles. The summed E-state index contributed by atoms with van der Waals surface area (Å²) in [6.07, 6.45) is 2.53. The number of fused-ring (bicyclic) bond motifs is 1. The maximum absolute atomic E-state index is 12.9. The fourth-order valence-corrected chi connectivity index (χ4v) is 4.20. The third-order valence-corrected chi connectivity index (χ3v) is 6.00. The van der Waals surface area contributed by atoms with Gasteiger partial charge in [-0.05, 0) is 37.0 Å². The van der Waals surface area contributed by atoms with E-state index >= 15 is 0 Å². The summed E-state index contributed by atoms with van der Waals surface area (Å²) >= 11 is 0. The summed E-state index contributed by atoms with van der Waals surface area (Å²) in [5.74, 6) is -0.180. The summed E-state index contributed by atoms with van der Waals surface area (Å²) in [4.78, 5) is 14.6. The first-order chi connectivity index (χ1) is 12.4. The molecule has 0 N–H and O–H groups in total. The van der Waals surface area contributed by atoms with E-state index in [-0.39, 0.29) is 18.5 Å². The van der Waals surface area contributed by atoms with E-state index in [1.54, 1.807) is 4.90 Å². The number of hydrogen-bond acceptors (Lipinski definition) is 3. The van der Waals surface area contributed by atoms with Crippen molar-refractivity contribution in [2.24, 2.45) is 0 Å². The van der Waals surface area contributed by atoms with E-state index in [4.69, 9.17) is 0 Å². The third-order valence-electron chi connectivity index (χ3n) is 4.75. The van der Waals surface area contributed by atoms with E-state index in [0.717, 1.165) is 29.5 Å². The largest absolute Gasteiger partial charge is 0.308 e. The molecule has 0 radical (unpaired) electrons. The third kappa shape index (κ3) is 4.14. The van der Waals surface area contributed by atoms with Crippen molar-refractivity contribution in [3.8, 4) is 0 Å². The molecule has 0 saturated carbocycles. The van der Waals surface area contributed by atoms with Gasteiger partial charge in [0.1, 0.15) is 0 Å². The number of carbonyl (C=O) groups excluding carboxylic acids is 1. The number of rotatable bonds is 6. The molecule has 0 aliphatic carbocycles. The molecule has 5 nitrogen and oxygen atoms in total. The molecule has 0 saturated heterocycles. The second kappa shape index (κ2) is 7.60. The van der Waals surface area contributed by atoms with Crippen LogP contribution in [0, 0.1) is 0 Å². The normalized spacial score (nSPS) is 16.7. The average molecular weight is 372 g/mol. The van der Waals surface area contributed by atoms with Crippen molar-refractivity contribution in [2.75, 3.05) is 24.2 Å². The van der Waals surface area contributed by atoms with Crippen molar-refractivity contribution in [2.45, 2.75) is 25.8 Å². The molecule has 0 unspecified atom stereocenters. The van der Waals surface area contributed by atoms with Crippen molar-refractivity contribution >= 4 is 21.6 Å². The number of amides is 1. The molecule has 26 heavy (non-hydrogen) atoms. The van der Waals surface area contributed by atoms with E-state index < -0.39 is 10.0 Å². The minimum absolute atomic E-state index is 0.0374. The molecule has 2 aromatic carbocycles. The highest BCUT2D eigenvalue weighted by molar-refractivity contribution is 7.88. The number of hydrogen-bond donors (Lipinski definition) is 0. The standard InChI is InChI=1S/C20H24N2O3S/c1-16-14-18-10-6-7-11-19(18)22(16)20(23)15-21(26(2,24)25)13-12-17-8-4-3-5-9-17/h3-11,16H,12-15H2,1-2H3/t16-/m0/s1. The zero-order chi connectivity index (χ0) is 18.7. The highest BCUT2D eigenvalue weighted by Crippen LogP contribution is 2.31. The predicted molar refractivity (Wildman–Crippen MR) is 104 cm³/mol. The van der Waals surface area contributed by atoms with Gasteiger partial charge in [-0.25, -0.2) is 8.42 Å². The van der Waals surface area contributed by atoms with Crippen molar-refractivity contribution in [1.29, 1.82) is 0 Å². The van der Waals surface area contributed by atoms with Crippen LogP contribution in [-0.2, 0) is 27.7 Å². The summed E-state index contributed by atoms with van der Waals surface area (Å²) in [5.41, 5.74) is 3.07. The summed E-state index contributed by atoms with van der Waals surface area (Å²) < 4.78 is 25.6. The van der Waals surface area contributed by atoms with Crippen LogP contribution in [0.2, 0.25) is 0 Å². The minimum atomic E-state index is -3.47. The predicted octanol–water partition coefficient (Wildman–Crippen LogP) is 2.47. The maximum Gasteiger partial charge on any atom is 0.242 e. The topological polar surface area (TPSA) is 57.7 Å². The highest BCUT2D eigenvalue weighted by Gasteiger charge is 2.32. The van der Waals surface area contributed by atoms with Crippen LogP contribution >= 0.6 is 0 Å². The molecule has 6 heteroatoms. The first-order valence-electron chi connectivity index (χ1n) is 8.75. The molecule has 0 spiro atoms. The van der Waals surface area contributed by atoms with Crippen LogP contribution in [-0.4, -0.2) is 44.0 Å². The van der Waals surface area contributed by atoms with Crippen molar-refractivity contribution in [3.63, 3.8) is 0 Å². The maximum atomic E-state index is 12.9. The number of carbonyl (C=O) groups is 1. The SMILES string of the molecule is C[C@H]1Cc2ccccc2N1C(=O)CN(CCc1ccccc1)S(C)(=O)=O. The lowest BCUT2D eigenvalue weighted by atomic mass is 10.1. The zero-order valence-corrected chi connectivity index (χ0v) is 15.9. The Morgan fingerprint density at radius 1 is 1.12 bits per heavy atom.